The lowest BCUT2D eigenvalue weighted by Gasteiger charge is -2.22. The number of nitrogens with zero attached hydrogens (tertiary/aromatic N) is 1. The van der Waals surface area contributed by atoms with Crippen LogP contribution in [0, 0.1) is 0 Å². The number of aliphatic hydroxyl groups is 1. The molecule has 1 aliphatic heterocycles. The van der Waals surface area contributed by atoms with Crippen LogP contribution in [0.4, 0.5) is 5.69 Å². The van der Waals surface area contributed by atoms with Crippen LogP contribution in [-0.4, -0.2) is 17.6 Å². The number of anilines is 1. The van der Waals surface area contributed by atoms with Gasteiger partial charge < -0.3 is 10.0 Å². The first kappa shape index (κ1) is 12.1. The van der Waals surface area contributed by atoms with E-state index in [1.165, 1.54) is 5.56 Å². The third kappa shape index (κ3) is 2.34. The predicted octanol–water partition coefficient (Wildman–Crippen LogP) is 2.43. The van der Waals surface area contributed by atoms with Crippen LogP contribution < -0.4 is 4.90 Å². The maximum Gasteiger partial charge on any atom is 0.226 e. The Morgan fingerprint density at radius 1 is 1.41 bits per heavy atom. The number of hydrogen-bond donors (Lipinski definition) is 1. The van der Waals surface area contributed by atoms with E-state index < -0.39 is 6.10 Å². The van der Waals surface area contributed by atoms with E-state index in [4.69, 9.17) is 0 Å². The van der Waals surface area contributed by atoms with Crippen LogP contribution in [0.1, 0.15) is 43.9 Å². The first-order valence-corrected chi connectivity index (χ1v) is 6.24. The quantitative estimate of drug-likeness (QED) is 0.852. The van der Waals surface area contributed by atoms with Gasteiger partial charge in [0.15, 0.2) is 0 Å². The molecule has 17 heavy (non-hydrogen) atoms. The number of aliphatic hydroxyl groups excluding tert-OH is 1. The average Bonchev–Trinajstić information content (AvgIpc) is 2.46. The number of aryl methyl sites for hydroxylation is 1. The van der Waals surface area contributed by atoms with Gasteiger partial charge in [0.1, 0.15) is 0 Å². The van der Waals surface area contributed by atoms with Crippen LogP contribution in [0.3, 0.4) is 0 Å². The highest BCUT2D eigenvalue weighted by molar-refractivity contribution is 5.94. The molecule has 2 rings (SSSR count). The minimum Gasteiger partial charge on any atom is -0.389 e. The fourth-order valence-electron chi connectivity index (χ4n) is 2.37. The molecular weight excluding hydrogens is 214 g/mol. The summed E-state index contributed by atoms with van der Waals surface area (Å²) < 4.78 is 0. The monoisotopic (exact) mass is 233 g/mol. The van der Waals surface area contributed by atoms with Crippen LogP contribution in [-0.2, 0) is 11.2 Å². The Kier molecular flexibility index (Phi) is 3.48. The molecule has 92 valence electrons. The summed E-state index contributed by atoms with van der Waals surface area (Å²) in [5.41, 5.74) is 3.12. The first-order chi connectivity index (χ1) is 8.13. The second kappa shape index (κ2) is 4.88. The van der Waals surface area contributed by atoms with E-state index in [1.807, 2.05) is 30.0 Å². The van der Waals surface area contributed by atoms with E-state index in [1.54, 1.807) is 6.92 Å². The summed E-state index contributed by atoms with van der Waals surface area (Å²) in [4.78, 5) is 13.7. The van der Waals surface area contributed by atoms with E-state index in [-0.39, 0.29) is 5.91 Å². The molecule has 3 heteroatoms. The number of carbonyl (C=O) groups is 1. The Hall–Kier alpha value is -1.35. The topological polar surface area (TPSA) is 40.5 Å². The lowest BCUT2D eigenvalue weighted by atomic mass is 10.0. The Labute approximate surface area is 102 Å². The van der Waals surface area contributed by atoms with Gasteiger partial charge in [-0.25, -0.2) is 0 Å². The molecule has 1 amide bonds. The molecule has 0 fully saturated rings. The fourth-order valence-corrected chi connectivity index (χ4v) is 2.37. The van der Waals surface area contributed by atoms with Gasteiger partial charge in [0.25, 0.3) is 0 Å². The zero-order valence-electron chi connectivity index (χ0n) is 10.4. The van der Waals surface area contributed by atoms with Gasteiger partial charge in [-0.05, 0) is 43.9 Å². The summed E-state index contributed by atoms with van der Waals surface area (Å²) in [5.74, 6) is 0.205. The maximum absolute atomic E-state index is 11.9. The number of fused-ring (bicyclic) bond motifs is 1. The van der Waals surface area contributed by atoms with Crippen LogP contribution >= 0.6 is 0 Å². The van der Waals surface area contributed by atoms with Gasteiger partial charge in [-0.3, -0.25) is 4.79 Å². The third-order valence-electron chi connectivity index (χ3n) is 3.33. The highest BCUT2D eigenvalue weighted by atomic mass is 16.3. The number of benzene rings is 1. The molecule has 1 aromatic rings. The van der Waals surface area contributed by atoms with Gasteiger partial charge in [0.2, 0.25) is 5.91 Å². The van der Waals surface area contributed by atoms with Gasteiger partial charge in [0.05, 0.1) is 6.10 Å². The Morgan fingerprint density at radius 3 is 2.82 bits per heavy atom. The first-order valence-electron chi connectivity index (χ1n) is 6.24. The van der Waals surface area contributed by atoms with Crippen molar-refractivity contribution < 1.29 is 9.90 Å². The number of amides is 1. The van der Waals surface area contributed by atoms with Crippen LogP contribution in [0.15, 0.2) is 18.2 Å². The van der Waals surface area contributed by atoms with Crippen LogP contribution in [0.2, 0.25) is 0 Å². The van der Waals surface area contributed by atoms with Gasteiger partial charge in [0, 0.05) is 18.7 Å². The molecule has 0 spiro atoms. The van der Waals surface area contributed by atoms with Gasteiger partial charge >= 0.3 is 0 Å². The summed E-state index contributed by atoms with van der Waals surface area (Å²) in [6.07, 6.45) is 1.98. The molecule has 1 aromatic carbocycles. The molecule has 0 bridgehead atoms. The minimum atomic E-state index is -0.450. The van der Waals surface area contributed by atoms with E-state index in [2.05, 4.69) is 0 Å². The fraction of sp³-hybridized carbons (Fsp3) is 0.500. The minimum absolute atomic E-state index is 0.205. The summed E-state index contributed by atoms with van der Waals surface area (Å²) in [5, 5.41) is 9.59. The lowest BCUT2D eigenvalue weighted by molar-refractivity contribution is -0.118. The molecule has 0 aromatic heterocycles. The van der Waals surface area contributed by atoms with E-state index in [0.717, 1.165) is 24.1 Å². The molecule has 0 radical (unpaired) electrons. The van der Waals surface area contributed by atoms with Crippen molar-refractivity contribution in [1.29, 1.82) is 0 Å². The van der Waals surface area contributed by atoms with Gasteiger partial charge in [-0.2, -0.15) is 0 Å². The van der Waals surface area contributed by atoms with E-state index >= 15 is 0 Å². The summed E-state index contributed by atoms with van der Waals surface area (Å²) >= 11 is 0. The molecule has 1 N–H and O–H groups in total. The molecular formula is C14H19NO2. The Morgan fingerprint density at radius 2 is 2.18 bits per heavy atom. The van der Waals surface area contributed by atoms with Gasteiger partial charge in [-0.15, -0.1) is 0 Å². The second-order valence-corrected chi connectivity index (χ2v) is 4.56. The van der Waals surface area contributed by atoms with Crippen LogP contribution in [0.25, 0.3) is 0 Å². The summed E-state index contributed by atoms with van der Waals surface area (Å²) in [6.45, 7) is 4.47. The lowest BCUT2D eigenvalue weighted by Crippen LogP contribution is -2.29. The zero-order valence-corrected chi connectivity index (χ0v) is 10.4. The molecule has 1 heterocycles. The van der Waals surface area contributed by atoms with E-state index in [9.17, 15) is 9.90 Å². The SMILES string of the molecule is CCN1C(=O)CCCc2cc(C(C)O)ccc21. The number of hydrogen-bond acceptors (Lipinski definition) is 2. The molecule has 0 saturated carbocycles. The second-order valence-electron chi connectivity index (χ2n) is 4.56. The summed E-state index contributed by atoms with van der Waals surface area (Å²) in [7, 11) is 0. The van der Waals surface area contributed by atoms with Crippen molar-refractivity contribution in [2.75, 3.05) is 11.4 Å². The smallest absolute Gasteiger partial charge is 0.226 e. The highest BCUT2D eigenvalue weighted by Crippen LogP contribution is 2.29. The normalized spacial score (nSPS) is 17.6. The van der Waals surface area contributed by atoms with E-state index in [0.29, 0.717) is 13.0 Å². The molecule has 3 nitrogen and oxygen atoms in total. The largest absolute Gasteiger partial charge is 0.389 e. The Balaban J connectivity index is 2.44. The highest BCUT2D eigenvalue weighted by Gasteiger charge is 2.21. The zero-order chi connectivity index (χ0) is 12.4. The third-order valence-corrected chi connectivity index (χ3v) is 3.33. The predicted molar refractivity (Wildman–Crippen MR) is 68.0 cm³/mol. The van der Waals surface area contributed by atoms with Crippen LogP contribution in [0.5, 0.6) is 0 Å². The molecule has 1 unspecified atom stereocenters. The maximum atomic E-state index is 11.9. The van der Waals surface area contributed by atoms with Gasteiger partial charge in [-0.1, -0.05) is 12.1 Å². The number of rotatable bonds is 2. The average molecular weight is 233 g/mol. The van der Waals surface area contributed by atoms with Crippen molar-refractivity contribution in [1.82, 2.24) is 0 Å². The van der Waals surface area contributed by atoms with Crippen molar-refractivity contribution in [3.63, 3.8) is 0 Å². The molecule has 1 atom stereocenters. The van der Waals surface area contributed by atoms with Crippen molar-refractivity contribution in [3.8, 4) is 0 Å². The van der Waals surface area contributed by atoms with Crippen molar-refractivity contribution in [2.45, 2.75) is 39.2 Å². The van der Waals surface area contributed by atoms with Crippen molar-refractivity contribution >= 4 is 11.6 Å². The van der Waals surface area contributed by atoms with Crippen molar-refractivity contribution in [3.05, 3.63) is 29.3 Å². The molecule has 0 aliphatic carbocycles. The Bertz CT molecular complexity index is 426. The standard InChI is InChI=1S/C14H19NO2/c1-3-15-13-8-7-11(10(2)16)9-12(13)5-4-6-14(15)17/h7-10,16H,3-6H2,1-2H3. The summed E-state index contributed by atoms with van der Waals surface area (Å²) in [6, 6.07) is 5.90. The molecule has 0 saturated heterocycles. The molecule has 1 aliphatic rings. The number of carbonyl (C=O) groups excluding carboxylic acids is 1. The van der Waals surface area contributed by atoms with Crippen molar-refractivity contribution in [2.24, 2.45) is 0 Å².